The van der Waals surface area contributed by atoms with Crippen molar-refractivity contribution >= 4 is 5.82 Å². The molecule has 1 N–H and O–H groups in total. The molecule has 2 heterocycles. The molecule has 0 spiro atoms. The molecule has 0 aliphatic carbocycles. The number of aryl methyl sites for hydroxylation is 1. The van der Waals surface area contributed by atoms with Crippen molar-refractivity contribution in [3.8, 4) is 6.07 Å². The van der Waals surface area contributed by atoms with Gasteiger partial charge in [-0.05, 0) is 44.4 Å². The number of pyridine rings is 1. The summed E-state index contributed by atoms with van der Waals surface area (Å²) in [6, 6.07) is 15.5. The van der Waals surface area contributed by atoms with E-state index in [0.717, 1.165) is 31.7 Å². The molecule has 1 fully saturated rings. The average Bonchev–Trinajstić information content (AvgIpc) is 2.62. The third-order valence-electron chi connectivity index (χ3n) is 4.72. The van der Waals surface area contributed by atoms with E-state index in [2.05, 4.69) is 59.4 Å². The van der Waals surface area contributed by atoms with Gasteiger partial charge in [-0.15, -0.1) is 0 Å². The standard InChI is InChI=1S/C20H24N4/c1-15-4-3-5-18(12-15)16(2)23-19-8-10-24(11-9-19)20-7-6-17(13-21)14-22-20/h3-7,12,14,16,19,23H,8-11H2,1-2H3/t16-/m1/s1. The maximum Gasteiger partial charge on any atom is 0.128 e. The number of hydrogen-bond acceptors (Lipinski definition) is 4. The van der Waals surface area contributed by atoms with Crippen LogP contribution in [0.3, 0.4) is 0 Å². The van der Waals surface area contributed by atoms with Gasteiger partial charge in [0.05, 0.1) is 5.56 Å². The van der Waals surface area contributed by atoms with Gasteiger partial charge in [0.25, 0.3) is 0 Å². The predicted octanol–water partition coefficient (Wildman–Crippen LogP) is 3.58. The fourth-order valence-electron chi connectivity index (χ4n) is 3.30. The van der Waals surface area contributed by atoms with Crippen LogP contribution >= 0.6 is 0 Å². The molecule has 3 rings (SSSR count). The van der Waals surface area contributed by atoms with Crippen molar-refractivity contribution in [3.05, 3.63) is 59.3 Å². The number of aromatic nitrogens is 1. The topological polar surface area (TPSA) is 52.0 Å². The number of benzene rings is 1. The number of anilines is 1. The molecule has 0 bridgehead atoms. The summed E-state index contributed by atoms with van der Waals surface area (Å²) in [5.41, 5.74) is 3.27. The Balaban J connectivity index is 1.54. The van der Waals surface area contributed by atoms with Crippen molar-refractivity contribution in [3.63, 3.8) is 0 Å². The molecule has 0 saturated carbocycles. The van der Waals surface area contributed by atoms with Gasteiger partial charge in [0.2, 0.25) is 0 Å². The van der Waals surface area contributed by atoms with Crippen molar-refractivity contribution in [2.45, 2.75) is 38.8 Å². The van der Waals surface area contributed by atoms with Gasteiger partial charge in [0, 0.05) is 31.4 Å². The molecule has 4 heteroatoms. The lowest BCUT2D eigenvalue weighted by molar-refractivity contribution is 0.380. The van der Waals surface area contributed by atoms with Crippen LogP contribution in [0.25, 0.3) is 0 Å². The summed E-state index contributed by atoms with van der Waals surface area (Å²) in [7, 11) is 0. The van der Waals surface area contributed by atoms with Crippen LogP contribution in [0, 0.1) is 18.3 Å². The van der Waals surface area contributed by atoms with E-state index >= 15 is 0 Å². The van der Waals surface area contributed by atoms with Crippen LogP contribution < -0.4 is 10.2 Å². The smallest absolute Gasteiger partial charge is 0.128 e. The first kappa shape index (κ1) is 16.5. The first-order valence-corrected chi connectivity index (χ1v) is 8.59. The molecule has 1 saturated heterocycles. The highest BCUT2D eigenvalue weighted by atomic mass is 15.2. The Morgan fingerprint density at radius 3 is 2.67 bits per heavy atom. The maximum atomic E-state index is 8.86. The average molecular weight is 320 g/mol. The third-order valence-corrected chi connectivity index (χ3v) is 4.72. The van der Waals surface area contributed by atoms with Crippen molar-refractivity contribution < 1.29 is 0 Å². The van der Waals surface area contributed by atoms with E-state index < -0.39 is 0 Å². The third kappa shape index (κ3) is 3.93. The second-order valence-corrected chi connectivity index (χ2v) is 6.58. The lowest BCUT2D eigenvalue weighted by atomic mass is 10.0. The van der Waals surface area contributed by atoms with Crippen LogP contribution in [-0.2, 0) is 0 Å². The van der Waals surface area contributed by atoms with Crippen LogP contribution in [0.5, 0.6) is 0 Å². The number of nitriles is 1. The summed E-state index contributed by atoms with van der Waals surface area (Å²) >= 11 is 0. The SMILES string of the molecule is Cc1cccc([C@@H](C)NC2CCN(c3ccc(C#N)cn3)CC2)c1. The lowest BCUT2D eigenvalue weighted by Crippen LogP contribution is -2.43. The molecule has 0 unspecified atom stereocenters. The Labute approximate surface area is 144 Å². The molecule has 1 aliphatic rings. The zero-order valence-corrected chi connectivity index (χ0v) is 14.4. The minimum atomic E-state index is 0.370. The van der Waals surface area contributed by atoms with Gasteiger partial charge >= 0.3 is 0 Å². The molecule has 124 valence electrons. The molecule has 0 radical (unpaired) electrons. The predicted molar refractivity (Wildman–Crippen MR) is 96.9 cm³/mol. The summed E-state index contributed by atoms with van der Waals surface area (Å²) < 4.78 is 0. The number of piperidine rings is 1. The van der Waals surface area contributed by atoms with Gasteiger partial charge in [0.15, 0.2) is 0 Å². The van der Waals surface area contributed by atoms with Gasteiger partial charge in [-0.25, -0.2) is 4.98 Å². The van der Waals surface area contributed by atoms with Crippen LogP contribution in [0.1, 0.15) is 42.5 Å². The van der Waals surface area contributed by atoms with Crippen molar-refractivity contribution in [2.24, 2.45) is 0 Å². The van der Waals surface area contributed by atoms with Gasteiger partial charge < -0.3 is 10.2 Å². The molecule has 1 aromatic carbocycles. The van der Waals surface area contributed by atoms with Gasteiger partial charge in [0.1, 0.15) is 11.9 Å². The number of hydrogen-bond donors (Lipinski definition) is 1. The van der Waals surface area contributed by atoms with Crippen molar-refractivity contribution in [2.75, 3.05) is 18.0 Å². The second kappa shape index (κ2) is 7.46. The van der Waals surface area contributed by atoms with E-state index in [9.17, 15) is 0 Å². The molecular weight excluding hydrogens is 296 g/mol. The fraction of sp³-hybridized carbons (Fsp3) is 0.400. The molecule has 1 atom stereocenters. The minimum absolute atomic E-state index is 0.370. The number of rotatable bonds is 4. The van der Waals surface area contributed by atoms with Crippen LogP contribution in [-0.4, -0.2) is 24.1 Å². The zero-order valence-electron chi connectivity index (χ0n) is 14.4. The van der Waals surface area contributed by atoms with Gasteiger partial charge in [-0.1, -0.05) is 29.8 Å². The fourth-order valence-corrected chi connectivity index (χ4v) is 3.30. The van der Waals surface area contributed by atoms with E-state index in [1.165, 1.54) is 11.1 Å². The lowest BCUT2D eigenvalue weighted by Gasteiger charge is -2.34. The van der Waals surface area contributed by atoms with E-state index in [0.29, 0.717) is 17.6 Å². The van der Waals surface area contributed by atoms with Crippen molar-refractivity contribution in [1.82, 2.24) is 10.3 Å². The monoisotopic (exact) mass is 320 g/mol. The Morgan fingerprint density at radius 1 is 1.25 bits per heavy atom. The zero-order chi connectivity index (χ0) is 16.9. The Kier molecular flexibility index (Phi) is 5.12. The Morgan fingerprint density at radius 2 is 2.04 bits per heavy atom. The molecule has 24 heavy (non-hydrogen) atoms. The Bertz CT molecular complexity index is 709. The second-order valence-electron chi connectivity index (χ2n) is 6.58. The number of nitrogens with zero attached hydrogens (tertiary/aromatic N) is 3. The molecule has 0 amide bonds. The summed E-state index contributed by atoms with van der Waals surface area (Å²) in [4.78, 5) is 6.70. The first-order chi connectivity index (χ1) is 11.7. The van der Waals surface area contributed by atoms with E-state index in [1.54, 1.807) is 6.20 Å². The highest BCUT2D eigenvalue weighted by molar-refractivity contribution is 5.42. The molecule has 1 aliphatic heterocycles. The molecule has 4 nitrogen and oxygen atoms in total. The first-order valence-electron chi connectivity index (χ1n) is 8.59. The minimum Gasteiger partial charge on any atom is -0.357 e. The van der Waals surface area contributed by atoms with Crippen LogP contribution in [0.2, 0.25) is 0 Å². The van der Waals surface area contributed by atoms with Crippen LogP contribution in [0.15, 0.2) is 42.6 Å². The van der Waals surface area contributed by atoms with E-state index in [1.807, 2.05) is 12.1 Å². The quantitative estimate of drug-likeness (QED) is 0.935. The van der Waals surface area contributed by atoms with E-state index in [-0.39, 0.29) is 0 Å². The highest BCUT2D eigenvalue weighted by Crippen LogP contribution is 2.21. The number of nitrogens with one attached hydrogen (secondary N) is 1. The largest absolute Gasteiger partial charge is 0.357 e. The van der Waals surface area contributed by atoms with E-state index in [4.69, 9.17) is 5.26 Å². The molecule has 2 aromatic rings. The summed E-state index contributed by atoms with van der Waals surface area (Å²) in [5, 5.41) is 12.6. The van der Waals surface area contributed by atoms with Crippen LogP contribution in [0.4, 0.5) is 5.82 Å². The highest BCUT2D eigenvalue weighted by Gasteiger charge is 2.21. The van der Waals surface area contributed by atoms with Gasteiger partial charge in [-0.2, -0.15) is 5.26 Å². The van der Waals surface area contributed by atoms with Gasteiger partial charge in [-0.3, -0.25) is 0 Å². The summed E-state index contributed by atoms with van der Waals surface area (Å²) in [5.74, 6) is 0.971. The normalized spacial score (nSPS) is 16.6. The Hall–Kier alpha value is -2.38. The molecular formula is C20H24N4. The summed E-state index contributed by atoms with van der Waals surface area (Å²) in [6.45, 7) is 6.37. The molecule has 1 aromatic heterocycles. The summed E-state index contributed by atoms with van der Waals surface area (Å²) in [6.07, 6.45) is 3.87. The van der Waals surface area contributed by atoms with Crippen molar-refractivity contribution in [1.29, 1.82) is 5.26 Å². The maximum absolute atomic E-state index is 8.86.